The molecule has 2 saturated heterocycles. The van der Waals surface area contributed by atoms with Gasteiger partial charge in [-0.05, 0) is 80.5 Å². The van der Waals surface area contributed by atoms with Gasteiger partial charge in [0, 0.05) is 18.4 Å². The highest BCUT2D eigenvalue weighted by Crippen LogP contribution is 2.62. The standard InChI is InChI=1S/C29H37NO4/c1-28-11-6-12-29(19-33-29)26(28)16-22-23(27(31)34-25(22)17-28)18-30-13-10-21(24-9-5-14-32-24)15-20-7-3-2-4-8-20/h2-5,7-9,14,21-23,25-26,30H,6,10-13,15-19H2,1H3/t21-,22-,23+,25+,26-,28+,29-/m0/s1. The van der Waals surface area contributed by atoms with Crippen molar-refractivity contribution in [3.05, 3.63) is 60.1 Å². The second kappa shape index (κ2) is 8.83. The third-order valence-corrected chi connectivity index (χ3v) is 9.38. The maximum Gasteiger partial charge on any atom is 0.310 e. The highest BCUT2D eigenvalue weighted by molar-refractivity contribution is 5.75. The molecular formula is C29H37NO4. The van der Waals surface area contributed by atoms with E-state index in [2.05, 4.69) is 48.6 Å². The van der Waals surface area contributed by atoms with Gasteiger partial charge in [-0.15, -0.1) is 0 Å². The fraction of sp³-hybridized carbons (Fsp3) is 0.621. The van der Waals surface area contributed by atoms with Crippen LogP contribution < -0.4 is 5.32 Å². The summed E-state index contributed by atoms with van der Waals surface area (Å²) in [7, 11) is 0. The molecule has 2 saturated carbocycles. The van der Waals surface area contributed by atoms with Crippen LogP contribution in [0.1, 0.15) is 62.7 Å². The minimum Gasteiger partial charge on any atom is -0.469 e. The van der Waals surface area contributed by atoms with Crippen molar-refractivity contribution in [1.29, 1.82) is 0 Å². The molecule has 6 rings (SSSR count). The Kier molecular flexibility index (Phi) is 5.81. The van der Waals surface area contributed by atoms with Crippen LogP contribution in [-0.4, -0.2) is 37.4 Å². The lowest BCUT2D eigenvalue weighted by Crippen LogP contribution is -2.51. The van der Waals surface area contributed by atoms with Crippen LogP contribution in [0.4, 0.5) is 0 Å². The summed E-state index contributed by atoms with van der Waals surface area (Å²) in [6, 6.07) is 14.6. The zero-order chi connectivity index (χ0) is 23.2. The molecule has 0 bridgehead atoms. The summed E-state index contributed by atoms with van der Waals surface area (Å²) in [5.41, 5.74) is 1.68. The summed E-state index contributed by atoms with van der Waals surface area (Å²) in [6.07, 6.45) is 9.51. The van der Waals surface area contributed by atoms with Crippen LogP contribution in [0.15, 0.2) is 53.1 Å². The molecule has 5 heteroatoms. The third kappa shape index (κ3) is 4.11. The topological polar surface area (TPSA) is 64.0 Å². The molecule has 3 heterocycles. The van der Waals surface area contributed by atoms with Gasteiger partial charge in [-0.2, -0.15) is 0 Å². The summed E-state index contributed by atoms with van der Waals surface area (Å²) in [5.74, 6) is 2.21. The predicted molar refractivity (Wildman–Crippen MR) is 129 cm³/mol. The van der Waals surface area contributed by atoms with Gasteiger partial charge in [0.15, 0.2) is 0 Å². The SMILES string of the molecule is C[C@]12CCC[C@]3(CO3)[C@H]1C[C@@H]1[C@@H](C2)OC(=O)[C@@H]1CNCC[C@@H](Cc1ccccc1)c1ccco1. The maximum absolute atomic E-state index is 12.9. The smallest absolute Gasteiger partial charge is 0.310 e. The van der Waals surface area contributed by atoms with E-state index >= 15 is 0 Å². The van der Waals surface area contributed by atoms with Gasteiger partial charge in [-0.1, -0.05) is 37.3 Å². The molecule has 1 aromatic carbocycles. The number of furan rings is 1. The van der Waals surface area contributed by atoms with Crippen LogP contribution in [0, 0.1) is 23.2 Å². The van der Waals surface area contributed by atoms with E-state index < -0.39 is 0 Å². The number of carbonyl (C=O) groups is 1. The average molecular weight is 464 g/mol. The van der Waals surface area contributed by atoms with E-state index in [9.17, 15) is 4.79 Å². The van der Waals surface area contributed by atoms with E-state index in [0.29, 0.717) is 24.3 Å². The van der Waals surface area contributed by atoms with Crippen LogP contribution >= 0.6 is 0 Å². The highest BCUT2D eigenvalue weighted by Gasteiger charge is 2.64. The number of fused-ring (bicyclic) bond motifs is 3. The van der Waals surface area contributed by atoms with Gasteiger partial charge in [0.25, 0.3) is 0 Å². The minimum absolute atomic E-state index is 0.00221. The molecule has 182 valence electrons. The second-order valence-electron chi connectivity index (χ2n) is 11.5. The third-order valence-electron chi connectivity index (χ3n) is 9.38. The van der Waals surface area contributed by atoms with Crippen molar-refractivity contribution in [1.82, 2.24) is 5.32 Å². The quantitative estimate of drug-likeness (QED) is 0.335. The Morgan fingerprint density at radius 2 is 2.00 bits per heavy atom. The number of epoxide rings is 1. The van der Waals surface area contributed by atoms with E-state index in [0.717, 1.165) is 44.6 Å². The van der Waals surface area contributed by atoms with Gasteiger partial charge in [-0.3, -0.25) is 4.79 Å². The molecule has 0 amide bonds. The largest absolute Gasteiger partial charge is 0.469 e. The van der Waals surface area contributed by atoms with E-state index in [-0.39, 0.29) is 29.0 Å². The van der Waals surface area contributed by atoms with Crippen LogP contribution in [-0.2, 0) is 20.7 Å². The fourth-order valence-corrected chi connectivity index (χ4v) is 7.49. The van der Waals surface area contributed by atoms with Crippen LogP contribution in [0.25, 0.3) is 0 Å². The van der Waals surface area contributed by atoms with Crippen molar-refractivity contribution >= 4 is 5.97 Å². The van der Waals surface area contributed by atoms with E-state index in [1.54, 1.807) is 6.26 Å². The number of ether oxygens (including phenoxy) is 2. The molecule has 2 aliphatic heterocycles. The molecule has 0 unspecified atom stereocenters. The number of rotatable bonds is 8. The summed E-state index contributed by atoms with van der Waals surface area (Å²) in [5, 5.41) is 3.61. The summed E-state index contributed by atoms with van der Waals surface area (Å²) >= 11 is 0. The Bertz CT molecular complexity index is 985. The number of carbonyl (C=O) groups excluding carboxylic acids is 1. The molecule has 7 atom stereocenters. The zero-order valence-electron chi connectivity index (χ0n) is 20.2. The lowest BCUT2D eigenvalue weighted by molar-refractivity contribution is -0.147. The van der Waals surface area contributed by atoms with Crippen molar-refractivity contribution in [3.63, 3.8) is 0 Å². The first kappa shape index (κ1) is 22.4. The van der Waals surface area contributed by atoms with Crippen molar-refractivity contribution in [3.8, 4) is 0 Å². The fourth-order valence-electron chi connectivity index (χ4n) is 7.49. The van der Waals surface area contributed by atoms with Gasteiger partial charge >= 0.3 is 5.97 Å². The Labute approximate surface area is 202 Å². The Morgan fingerprint density at radius 3 is 2.76 bits per heavy atom. The Morgan fingerprint density at radius 1 is 1.15 bits per heavy atom. The molecule has 4 aliphatic rings. The van der Waals surface area contributed by atoms with Crippen molar-refractivity contribution in [2.45, 2.75) is 69.5 Å². The molecule has 1 aromatic heterocycles. The molecule has 2 aliphatic carbocycles. The number of benzene rings is 1. The number of hydrogen-bond acceptors (Lipinski definition) is 5. The van der Waals surface area contributed by atoms with Crippen molar-refractivity contribution in [2.75, 3.05) is 19.7 Å². The zero-order valence-corrected chi connectivity index (χ0v) is 20.2. The highest BCUT2D eigenvalue weighted by atomic mass is 16.6. The number of hydrogen-bond donors (Lipinski definition) is 1. The van der Waals surface area contributed by atoms with Gasteiger partial charge in [0.2, 0.25) is 0 Å². The lowest BCUT2D eigenvalue weighted by atomic mass is 9.53. The molecule has 1 spiro atoms. The van der Waals surface area contributed by atoms with Crippen molar-refractivity contribution in [2.24, 2.45) is 23.2 Å². The van der Waals surface area contributed by atoms with E-state index in [1.165, 1.54) is 24.8 Å². The maximum atomic E-state index is 12.9. The molecular weight excluding hydrogens is 426 g/mol. The van der Waals surface area contributed by atoms with Gasteiger partial charge in [0.1, 0.15) is 11.9 Å². The van der Waals surface area contributed by atoms with Crippen LogP contribution in [0.3, 0.4) is 0 Å². The summed E-state index contributed by atoms with van der Waals surface area (Å²) < 4.78 is 17.8. The number of nitrogens with one attached hydrogen (secondary N) is 1. The monoisotopic (exact) mass is 463 g/mol. The summed E-state index contributed by atoms with van der Waals surface area (Å²) in [4.78, 5) is 12.9. The Hall–Kier alpha value is -2.11. The van der Waals surface area contributed by atoms with Gasteiger partial charge < -0.3 is 19.2 Å². The van der Waals surface area contributed by atoms with Gasteiger partial charge in [0.05, 0.1) is 24.4 Å². The van der Waals surface area contributed by atoms with Crippen molar-refractivity contribution < 1.29 is 18.7 Å². The average Bonchev–Trinajstić information content (AvgIpc) is 3.25. The molecule has 5 nitrogen and oxygen atoms in total. The van der Waals surface area contributed by atoms with E-state index in [1.807, 2.05) is 6.07 Å². The lowest BCUT2D eigenvalue weighted by Gasteiger charge is -2.51. The Balaban J connectivity index is 1.07. The molecule has 2 aromatic rings. The molecule has 34 heavy (non-hydrogen) atoms. The summed E-state index contributed by atoms with van der Waals surface area (Å²) in [6.45, 7) is 4.89. The molecule has 4 fully saturated rings. The van der Waals surface area contributed by atoms with Gasteiger partial charge in [-0.25, -0.2) is 0 Å². The first-order chi connectivity index (χ1) is 16.6. The predicted octanol–water partition coefficient (Wildman–Crippen LogP) is 5.11. The first-order valence-electron chi connectivity index (χ1n) is 13.2. The first-order valence-corrected chi connectivity index (χ1v) is 13.2. The normalized spacial score (nSPS) is 37.1. The van der Waals surface area contributed by atoms with Crippen LogP contribution in [0.5, 0.6) is 0 Å². The molecule has 0 radical (unpaired) electrons. The van der Waals surface area contributed by atoms with Crippen LogP contribution in [0.2, 0.25) is 0 Å². The minimum atomic E-state index is -0.0385. The van der Waals surface area contributed by atoms with E-state index in [4.69, 9.17) is 13.9 Å². The molecule has 1 N–H and O–H groups in total. The second-order valence-corrected chi connectivity index (χ2v) is 11.5. The number of esters is 1.